The Hall–Kier alpha value is -3.06. The Balaban J connectivity index is 1.83. The largest absolute Gasteiger partial charge is 0.482 e. The first-order valence-electron chi connectivity index (χ1n) is 8.05. The predicted octanol–water partition coefficient (Wildman–Crippen LogP) is 2.70. The first-order chi connectivity index (χ1) is 12.8. The van der Waals surface area contributed by atoms with Gasteiger partial charge in [-0.2, -0.15) is 0 Å². The minimum atomic E-state index is -1.02. The minimum Gasteiger partial charge on any atom is -0.482 e. The van der Waals surface area contributed by atoms with E-state index < -0.39 is 23.9 Å². The number of nitrogens with two attached hydrogens (primary N) is 1. The summed E-state index contributed by atoms with van der Waals surface area (Å²) in [6.45, 7) is 2.92. The topological polar surface area (TPSA) is 108 Å². The molecule has 2 amide bonds. The van der Waals surface area contributed by atoms with Crippen molar-refractivity contribution in [2.24, 2.45) is 5.73 Å². The molecular formula is C19H19ClN2O5. The normalized spacial score (nSPS) is 11.4. The maximum atomic E-state index is 12.1. The van der Waals surface area contributed by atoms with Gasteiger partial charge in [0.25, 0.3) is 5.91 Å². The number of benzene rings is 2. The van der Waals surface area contributed by atoms with Gasteiger partial charge in [0.1, 0.15) is 5.75 Å². The van der Waals surface area contributed by atoms with E-state index in [0.717, 1.165) is 5.56 Å². The first-order valence-corrected chi connectivity index (χ1v) is 8.43. The SMILES string of the molecule is Cc1cc(OCC(=O)OC(C)C(=O)Nc2ccc(C(N)=O)cc2)ccc1Cl. The number of rotatable bonds is 7. The Morgan fingerprint density at radius 2 is 1.81 bits per heavy atom. The molecule has 0 spiro atoms. The molecule has 7 nitrogen and oxygen atoms in total. The van der Waals surface area contributed by atoms with Crippen LogP contribution in [0.2, 0.25) is 5.02 Å². The van der Waals surface area contributed by atoms with E-state index in [1.165, 1.54) is 31.2 Å². The van der Waals surface area contributed by atoms with E-state index in [-0.39, 0.29) is 6.61 Å². The van der Waals surface area contributed by atoms with E-state index >= 15 is 0 Å². The van der Waals surface area contributed by atoms with Crippen molar-refractivity contribution < 1.29 is 23.9 Å². The summed E-state index contributed by atoms with van der Waals surface area (Å²) in [5.41, 5.74) is 6.74. The zero-order chi connectivity index (χ0) is 20.0. The van der Waals surface area contributed by atoms with Gasteiger partial charge in [-0.05, 0) is 61.9 Å². The van der Waals surface area contributed by atoms with Gasteiger partial charge in [0.15, 0.2) is 12.7 Å². The molecule has 27 heavy (non-hydrogen) atoms. The quantitative estimate of drug-likeness (QED) is 0.706. The average Bonchev–Trinajstić information content (AvgIpc) is 2.63. The molecule has 0 saturated carbocycles. The van der Waals surface area contributed by atoms with Crippen LogP contribution < -0.4 is 15.8 Å². The summed E-state index contributed by atoms with van der Waals surface area (Å²) in [6.07, 6.45) is -1.02. The highest BCUT2D eigenvalue weighted by Gasteiger charge is 2.18. The Labute approximate surface area is 161 Å². The van der Waals surface area contributed by atoms with Crippen molar-refractivity contribution in [3.63, 3.8) is 0 Å². The predicted molar refractivity (Wildman–Crippen MR) is 101 cm³/mol. The van der Waals surface area contributed by atoms with Gasteiger partial charge in [-0.1, -0.05) is 11.6 Å². The monoisotopic (exact) mass is 390 g/mol. The van der Waals surface area contributed by atoms with Crippen LogP contribution in [0.5, 0.6) is 5.75 Å². The van der Waals surface area contributed by atoms with E-state index in [9.17, 15) is 14.4 Å². The average molecular weight is 391 g/mol. The molecule has 2 rings (SSSR count). The third-order valence-electron chi connectivity index (χ3n) is 3.60. The molecule has 3 N–H and O–H groups in total. The van der Waals surface area contributed by atoms with Gasteiger partial charge in [-0.15, -0.1) is 0 Å². The standard InChI is InChI=1S/C19H19ClN2O5/c1-11-9-15(7-8-16(11)20)26-10-17(23)27-12(2)19(25)22-14-5-3-13(4-6-14)18(21)24/h3-9,12H,10H2,1-2H3,(H2,21,24)(H,22,25). The Bertz CT molecular complexity index is 852. The molecule has 0 bridgehead atoms. The molecule has 0 fully saturated rings. The molecule has 0 aliphatic rings. The van der Waals surface area contributed by atoms with Crippen LogP contribution in [0.1, 0.15) is 22.8 Å². The summed E-state index contributed by atoms with van der Waals surface area (Å²) in [5, 5.41) is 3.17. The van der Waals surface area contributed by atoms with Crippen LogP contribution in [0.15, 0.2) is 42.5 Å². The van der Waals surface area contributed by atoms with Crippen LogP contribution in [-0.2, 0) is 14.3 Å². The fourth-order valence-electron chi connectivity index (χ4n) is 2.10. The number of esters is 1. The lowest BCUT2D eigenvalue weighted by atomic mass is 10.2. The van der Waals surface area contributed by atoms with Crippen LogP contribution >= 0.6 is 11.6 Å². The van der Waals surface area contributed by atoms with Crippen molar-refractivity contribution in [2.75, 3.05) is 11.9 Å². The molecule has 0 radical (unpaired) electrons. The van der Waals surface area contributed by atoms with Crippen molar-refractivity contribution >= 4 is 35.1 Å². The molecule has 2 aromatic carbocycles. The lowest BCUT2D eigenvalue weighted by Crippen LogP contribution is -2.31. The highest BCUT2D eigenvalue weighted by Crippen LogP contribution is 2.21. The number of aryl methyl sites for hydroxylation is 1. The molecule has 0 heterocycles. The van der Waals surface area contributed by atoms with Crippen LogP contribution in [0, 0.1) is 6.92 Å². The smallest absolute Gasteiger partial charge is 0.344 e. The number of hydrogen-bond donors (Lipinski definition) is 2. The van der Waals surface area contributed by atoms with Crippen LogP contribution in [-0.4, -0.2) is 30.5 Å². The molecule has 0 saturated heterocycles. The minimum absolute atomic E-state index is 0.321. The van der Waals surface area contributed by atoms with Gasteiger partial charge < -0.3 is 20.5 Å². The number of halogens is 1. The Kier molecular flexibility index (Phi) is 6.79. The molecule has 0 aromatic heterocycles. The maximum Gasteiger partial charge on any atom is 0.344 e. The summed E-state index contributed by atoms with van der Waals surface area (Å²) >= 11 is 5.92. The molecule has 1 unspecified atom stereocenters. The second kappa shape index (κ2) is 9.05. The zero-order valence-electron chi connectivity index (χ0n) is 14.8. The molecule has 8 heteroatoms. The second-order valence-electron chi connectivity index (χ2n) is 5.76. The van der Waals surface area contributed by atoms with Gasteiger partial charge in [-0.25, -0.2) is 4.79 Å². The van der Waals surface area contributed by atoms with Crippen molar-refractivity contribution in [3.8, 4) is 5.75 Å². The van der Waals surface area contributed by atoms with Crippen molar-refractivity contribution in [1.29, 1.82) is 0 Å². The molecule has 1 atom stereocenters. The van der Waals surface area contributed by atoms with E-state index in [1.807, 2.05) is 6.92 Å². The fourth-order valence-corrected chi connectivity index (χ4v) is 2.21. The summed E-state index contributed by atoms with van der Waals surface area (Å²) in [7, 11) is 0. The number of nitrogens with one attached hydrogen (secondary N) is 1. The van der Waals surface area contributed by atoms with E-state index in [2.05, 4.69) is 5.32 Å². The number of carbonyl (C=O) groups is 3. The molecule has 0 aliphatic heterocycles. The number of carbonyl (C=O) groups excluding carboxylic acids is 3. The first kappa shape index (κ1) is 20.3. The summed E-state index contributed by atoms with van der Waals surface area (Å²) in [6, 6.07) is 11.0. The van der Waals surface area contributed by atoms with Gasteiger partial charge in [-0.3, -0.25) is 9.59 Å². The Morgan fingerprint density at radius 1 is 1.15 bits per heavy atom. The second-order valence-corrected chi connectivity index (χ2v) is 6.17. The number of hydrogen-bond acceptors (Lipinski definition) is 5. The van der Waals surface area contributed by atoms with Crippen molar-refractivity contribution in [2.45, 2.75) is 20.0 Å². The van der Waals surface area contributed by atoms with Crippen LogP contribution in [0.4, 0.5) is 5.69 Å². The number of amides is 2. The maximum absolute atomic E-state index is 12.1. The van der Waals surface area contributed by atoms with E-state index in [1.54, 1.807) is 18.2 Å². The fraction of sp³-hybridized carbons (Fsp3) is 0.211. The lowest BCUT2D eigenvalue weighted by Gasteiger charge is -2.14. The van der Waals surface area contributed by atoms with Crippen LogP contribution in [0.25, 0.3) is 0 Å². The molecule has 142 valence electrons. The molecule has 0 aliphatic carbocycles. The van der Waals surface area contributed by atoms with Crippen LogP contribution in [0.3, 0.4) is 0 Å². The number of primary amides is 1. The van der Waals surface area contributed by atoms with Gasteiger partial charge >= 0.3 is 5.97 Å². The van der Waals surface area contributed by atoms with Crippen molar-refractivity contribution in [3.05, 3.63) is 58.6 Å². The zero-order valence-corrected chi connectivity index (χ0v) is 15.6. The van der Waals surface area contributed by atoms with Gasteiger partial charge in [0.2, 0.25) is 5.91 Å². The highest BCUT2D eigenvalue weighted by atomic mass is 35.5. The summed E-state index contributed by atoms with van der Waals surface area (Å²) < 4.78 is 10.4. The van der Waals surface area contributed by atoms with Gasteiger partial charge in [0.05, 0.1) is 0 Å². The van der Waals surface area contributed by atoms with E-state index in [4.69, 9.17) is 26.8 Å². The van der Waals surface area contributed by atoms with Gasteiger partial charge in [0, 0.05) is 16.3 Å². The number of ether oxygens (including phenoxy) is 2. The molecular weight excluding hydrogens is 372 g/mol. The lowest BCUT2D eigenvalue weighted by molar-refractivity contribution is -0.155. The van der Waals surface area contributed by atoms with Crippen molar-refractivity contribution in [1.82, 2.24) is 0 Å². The summed E-state index contributed by atoms with van der Waals surface area (Å²) in [4.78, 5) is 35.0. The third-order valence-corrected chi connectivity index (χ3v) is 4.02. The summed E-state index contributed by atoms with van der Waals surface area (Å²) in [5.74, 6) is -1.29. The van der Waals surface area contributed by atoms with E-state index in [0.29, 0.717) is 22.0 Å². The molecule has 2 aromatic rings. The number of anilines is 1. The highest BCUT2D eigenvalue weighted by molar-refractivity contribution is 6.31. The Morgan fingerprint density at radius 3 is 2.41 bits per heavy atom. The third kappa shape index (κ3) is 6.00.